The number of halogens is 3. The third-order valence-electron chi connectivity index (χ3n) is 3.36. The van der Waals surface area contributed by atoms with E-state index in [2.05, 4.69) is 5.32 Å². The molecule has 1 heterocycles. The van der Waals surface area contributed by atoms with Gasteiger partial charge in [0, 0.05) is 19.1 Å². The molecule has 1 atom stereocenters. The average Bonchev–Trinajstić information content (AvgIpc) is 2.42. The largest absolute Gasteiger partial charge is 0.337 e. The van der Waals surface area contributed by atoms with Gasteiger partial charge >= 0.3 is 0 Å². The van der Waals surface area contributed by atoms with Gasteiger partial charge in [0.1, 0.15) is 11.6 Å². The number of benzene rings is 1. The van der Waals surface area contributed by atoms with Crippen LogP contribution in [0, 0.1) is 11.6 Å². The van der Waals surface area contributed by atoms with E-state index < -0.39 is 17.5 Å². The summed E-state index contributed by atoms with van der Waals surface area (Å²) in [7, 11) is 1.82. The van der Waals surface area contributed by atoms with Crippen LogP contribution >= 0.6 is 11.6 Å². The molecule has 1 aromatic rings. The van der Waals surface area contributed by atoms with Gasteiger partial charge in [-0.05, 0) is 32.0 Å². The van der Waals surface area contributed by atoms with Crippen molar-refractivity contribution in [3.63, 3.8) is 0 Å². The molecule has 1 fully saturated rings. The number of carbonyl (C=O) groups excluding carboxylic acids is 1. The van der Waals surface area contributed by atoms with Gasteiger partial charge in [-0.2, -0.15) is 0 Å². The lowest BCUT2D eigenvalue weighted by Gasteiger charge is -2.32. The van der Waals surface area contributed by atoms with Crippen molar-refractivity contribution in [1.29, 1.82) is 0 Å². The second-order valence-corrected chi connectivity index (χ2v) is 5.03. The number of likely N-dealkylation sites (N-methyl/N-ethyl adjacent to an activating group) is 1. The van der Waals surface area contributed by atoms with Crippen molar-refractivity contribution < 1.29 is 13.6 Å². The Bertz CT molecular complexity index is 496. The number of piperidine rings is 1. The Morgan fingerprint density at radius 3 is 2.84 bits per heavy atom. The Labute approximate surface area is 115 Å². The zero-order chi connectivity index (χ0) is 14.0. The number of nitrogens with one attached hydrogen (secondary N) is 1. The molecule has 1 aliphatic heterocycles. The van der Waals surface area contributed by atoms with Crippen molar-refractivity contribution in [3.05, 3.63) is 34.4 Å². The first kappa shape index (κ1) is 14.2. The number of rotatable bonds is 2. The molecular weight excluding hydrogens is 274 g/mol. The van der Waals surface area contributed by atoms with Crippen molar-refractivity contribution in [1.82, 2.24) is 10.2 Å². The molecule has 0 bridgehead atoms. The molecule has 0 saturated carbocycles. The minimum absolute atomic E-state index is 0.193. The highest BCUT2D eigenvalue weighted by atomic mass is 35.5. The minimum atomic E-state index is -0.789. The Balaban J connectivity index is 2.22. The smallest absolute Gasteiger partial charge is 0.256 e. The Kier molecular flexibility index (Phi) is 4.37. The molecule has 6 heteroatoms. The first-order valence-electron chi connectivity index (χ1n) is 6.14. The number of amides is 1. The second-order valence-electron chi connectivity index (χ2n) is 4.63. The fourth-order valence-electron chi connectivity index (χ4n) is 2.25. The molecule has 104 valence electrons. The van der Waals surface area contributed by atoms with Gasteiger partial charge in [-0.25, -0.2) is 8.78 Å². The van der Waals surface area contributed by atoms with E-state index in [9.17, 15) is 13.6 Å². The number of hydrogen-bond donors (Lipinski definition) is 1. The van der Waals surface area contributed by atoms with Crippen molar-refractivity contribution in [2.75, 3.05) is 20.1 Å². The van der Waals surface area contributed by atoms with E-state index in [4.69, 9.17) is 11.6 Å². The lowest BCUT2D eigenvalue weighted by molar-refractivity contribution is 0.0693. The van der Waals surface area contributed by atoms with Crippen LogP contribution < -0.4 is 5.32 Å². The molecule has 1 aliphatic rings. The molecule has 2 rings (SSSR count). The highest BCUT2D eigenvalue weighted by molar-refractivity contribution is 6.30. The van der Waals surface area contributed by atoms with E-state index >= 15 is 0 Å². The molecule has 1 N–H and O–H groups in total. The number of carbonyl (C=O) groups is 1. The van der Waals surface area contributed by atoms with Gasteiger partial charge in [-0.3, -0.25) is 4.79 Å². The van der Waals surface area contributed by atoms with Gasteiger partial charge in [0.05, 0.1) is 10.6 Å². The van der Waals surface area contributed by atoms with E-state index in [1.807, 2.05) is 7.05 Å². The predicted octanol–water partition coefficient (Wildman–Crippen LogP) is 2.44. The summed E-state index contributed by atoms with van der Waals surface area (Å²) in [5, 5.41) is 2.77. The molecule has 0 radical (unpaired) electrons. The fourth-order valence-corrected chi connectivity index (χ4v) is 2.40. The lowest BCUT2D eigenvalue weighted by Crippen LogP contribution is -2.47. The molecule has 0 spiro atoms. The first-order valence-corrected chi connectivity index (χ1v) is 6.51. The van der Waals surface area contributed by atoms with Crippen LogP contribution in [0.3, 0.4) is 0 Å². The third-order valence-corrected chi connectivity index (χ3v) is 3.65. The molecular formula is C13H15ClF2N2O. The maximum absolute atomic E-state index is 13.7. The zero-order valence-corrected chi connectivity index (χ0v) is 11.3. The monoisotopic (exact) mass is 288 g/mol. The summed E-state index contributed by atoms with van der Waals surface area (Å²) in [6, 6.07) is 1.89. The highest BCUT2D eigenvalue weighted by Crippen LogP contribution is 2.22. The zero-order valence-electron chi connectivity index (χ0n) is 10.5. The van der Waals surface area contributed by atoms with E-state index in [1.54, 1.807) is 0 Å². The molecule has 1 amide bonds. The Morgan fingerprint density at radius 2 is 2.16 bits per heavy atom. The highest BCUT2D eigenvalue weighted by Gasteiger charge is 2.26. The molecule has 1 unspecified atom stereocenters. The van der Waals surface area contributed by atoms with Gasteiger partial charge in [0.2, 0.25) is 0 Å². The number of hydrogen-bond acceptors (Lipinski definition) is 2. The predicted molar refractivity (Wildman–Crippen MR) is 69.4 cm³/mol. The molecule has 3 nitrogen and oxygen atoms in total. The molecule has 0 aromatic heterocycles. The van der Waals surface area contributed by atoms with E-state index in [1.165, 1.54) is 4.90 Å². The van der Waals surface area contributed by atoms with E-state index in [0.29, 0.717) is 13.1 Å². The quantitative estimate of drug-likeness (QED) is 0.848. The number of nitrogens with zero attached hydrogens (tertiary/aromatic N) is 1. The normalized spacial score (nSPS) is 19.6. The summed E-state index contributed by atoms with van der Waals surface area (Å²) >= 11 is 5.47. The van der Waals surface area contributed by atoms with Crippen LogP contribution in [0.25, 0.3) is 0 Å². The van der Waals surface area contributed by atoms with E-state index in [0.717, 1.165) is 25.0 Å². The molecule has 1 aromatic carbocycles. The van der Waals surface area contributed by atoms with Crippen molar-refractivity contribution in [2.24, 2.45) is 0 Å². The summed E-state index contributed by atoms with van der Waals surface area (Å²) in [6.45, 7) is 1.06. The van der Waals surface area contributed by atoms with Crippen molar-refractivity contribution in [2.45, 2.75) is 18.9 Å². The minimum Gasteiger partial charge on any atom is -0.337 e. The van der Waals surface area contributed by atoms with Crippen LogP contribution in [0.5, 0.6) is 0 Å². The van der Waals surface area contributed by atoms with Crippen molar-refractivity contribution in [3.8, 4) is 0 Å². The van der Waals surface area contributed by atoms with Gasteiger partial charge < -0.3 is 10.2 Å². The molecule has 19 heavy (non-hydrogen) atoms. The summed E-state index contributed by atoms with van der Waals surface area (Å²) in [5.41, 5.74) is -0.265. The fraction of sp³-hybridized carbons (Fsp3) is 0.462. The average molecular weight is 289 g/mol. The van der Waals surface area contributed by atoms with Gasteiger partial charge in [-0.15, -0.1) is 0 Å². The van der Waals surface area contributed by atoms with Crippen LogP contribution in [0.2, 0.25) is 5.02 Å². The van der Waals surface area contributed by atoms with Crippen molar-refractivity contribution >= 4 is 17.5 Å². The Morgan fingerprint density at radius 1 is 1.42 bits per heavy atom. The summed E-state index contributed by atoms with van der Waals surface area (Å²) in [6.07, 6.45) is 1.81. The SMILES string of the molecule is CNC1CCCN(C(=O)c2cc(F)c(Cl)cc2F)C1. The standard InChI is InChI=1S/C13H15ClF2N2O/c1-17-8-3-2-4-18(7-8)13(19)9-5-12(16)10(14)6-11(9)15/h5-6,8,17H,2-4,7H2,1H3. The van der Waals surface area contributed by atoms with Gasteiger partial charge in [0.15, 0.2) is 0 Å². The summed E-state index contributed by atoms with van der Waals surface area (Å²) in [5.74, 6) is -2.07. The molecule has 1 saturated heterocycles. The second kappa shape index (κ2) is 5.84. The summed E-state index contributed by atoms with van der Waals surface area (Å²) < 4.78 is 27.0. The Hall–Kier alpha value is -1.20. The van der Waals surface area contributed by atoms with Gasteiger partial charge in [-0.1, -0.05) is 11.6 Å². The van der Waals surface area contributed by atoms with Crippen LogP contribution in [-0.2, 0) is 0 Å². The lowest BCUT2D eigenvalue weighted by atomic mass is 10.0. The van der Waals surface area contributed by atoms with E-state index in [-0.39, 0.29) is 16.6 Å². The maximum Gasteiger partial charge on any atom is 0.256 e. The number of likely N-dealkylation sites (tertiary alicyclic amines) is 1. The topological polar surface area (TPSA) is 32.3 Å². The van der Waals surface area contributed by atoms with Crippen LogP contribution in [0.4, 0.5) is 8.78 Å². The maximum atomic E-state index is 13.7. The van der Waals surface area contributed by atoms with Crippen LogP contribution in [0.1, 0.15) is 23.2 Å². The van der Waals surface area contributed by atoms with Crippen LogP contribution in [-0.4, -0.2) is 37.0 Å². The van der Waals surface area contributed by atoms with Gasteiger partial charge in [0.25, 0.3) is 5.91 Å². The van der Waals surface area contributed by atoms with Crippen LogP contribution in [0.15, 0.2) is 12.1 Å². The third kappa shape index (κ3) is 3.04. The molecule has 0 aliphatic carbocycles. The first-order chi connectivity index (χ1) is 9.02. The summed E-state index contributed by atoms with van der Waals surface area (Å²) in [4.78, 5) is 13.7.